The van der Waals surface area contributed by atoms with Gasteiger partial charge in [0.1, 0.15) is 5.75 Å². The zero-order valence-electron chi connectivity index (χ0n) is 16.0. The maximum Gasteiger partial charge on any atom is 0.311 e. The van der Waals surface area contributed by atoms with Crippen LogP contribution in [0.15, 0.2) is 72.8 Å². The Morgan fingerprint density at radius 3 is 2.48 bits per heavy atom. The molecule has 29 heavy (non-hydrogen) atoms. The highest BCUT2D eigenvalue weighted by atomic mass is 16.6. The van der Waals surface area contributed by atoms with Gasteiger partial charge in [0.05, 0.1) is 12.0 Å². The number of aryl methyl sites for hydroxylation is 1. The standard InChI is InChI=1S/C22H20N2O5/c1-15-11-12-20(19(13-15)24(26)27)29-21(16-7-4-3-5-8-16)22(25)23-17-9-6-10-18(14-17)28-2/h3-14,21H,1-2H3,(H,23,25)/t21-/m1/s1. The van der Waals surface area contributed by atoms with Crippen LogP contribution in [0.3, 0.4) is 0 Å². The third-order valence-corrected chi connectivity index (χ3v) is 4.23. The van der Waals surface area contributed by atoms with Crippen molar-refractivity contribution in [2.75, 3.05) is 12.4 Å². The number of nitrogens with zero attached hydrogens (tertiary/aromatic N) is 1. The van der Waals surface area contributed by atoms with E-state index in [1.807, 2.05) is 6.07 Å². The van der Waals surface area contributed by atoms with Crippen LogP contribution in [-0.2, 0) is 4.79 Å². The van der Waals surface area contributed by atoms with Crippen LogP contribution in [0.25, 0.3) is 0 Å². The molecule has 3 rings (SSSR count). The molecule has 1 N–H and O–H groups in total. The van der Waals surface area contributed by atoms with Crippen LogP contribution < -0.4 is 14.8 Å². The maximum atomic E-state index is 13.0. The van der Waals surface area contributed by atoms with E-state index in [-0.39, 0.29) is 11.4 Å². The highest BCUT2D eigenvalue weighted by molar-refractivity contribution is 5.95. The number of carbonyl (C=O) groups excluding carboxylic acids is 1. The number of anilines is 1. The van der Waals surface area contributed by atoms with E-state index in [0.29, 0.717) is 17.0 Å². The van der Waals surface area contributed by atoms with Gasteiger partial charge in [0, 0.05) is 23.4 Å². The number of rotatable bonds is 7. The first-order valence-electron chi connectivity index (χ1n) is 8.89. The SMILES string of the molecule is COc1cccc(NC(=O)[C@H](Oc2ccc(C)cc2[N+](=O)[O-])c2ccccc2)c1. The van der Waals surface area contributed by atoms with E-state index >= 15 is 0 Å². The van der Waals surface area contributed by atoms with Gasteiger partial charge < -0.3 is 14.8 Å². The first-order valence-corrected chi connectivity index (χ1v) is 8.89. The van der Waals surface area contributed by atoms with Crippen molar-refractivity contribution in [3.8, 4) is 11.5 Å². The van der Waals surface area contributed by atoms with Crippen LogP contribution in [0.5, 0.6) is 11.5 Å². The highest BCUT2D eigenvalue weighted by Gasteiger charge is 2.26. The topological polar surface area (TPSA) is 90.7 Å². The van der Waals surface area contributed by atoms with Crippen LogP contribution in [-0.4, -0.2) is 17.9 Å². The highest BCUT2D eigenvalue weighted by Crippen LogP contribution is 2.32. The number of hydrogen-bond donors (Lipinski definition) is 1. The number of nitro benzene ring substituents is 1. The number of hydrogen-bond acceptors (Lipinski definition) is 5. The molecule has 0 aliphatic carbocycles. The summed E-state index contributed by atoms with van der Waals surface area (Å²) in [5, 5.41) is 14.2. The van der Waals surface area contributed by atoms with Gasteiger partial charge in [0.15, 0.2) is 5.75 Å². The fourth-order valence-electron chi connectivity index (χ4n) is 2.81. The Morgan fingerprint density at radius 1 is 1.03 bits per heavy atom. The predicted molar refractivity (Wildman–Crippen MR) is 109 cm³/mol. The third kappa shape index (κ3) is 4.90. The second kappa shape index (κ2) is 8.88. The van der Waals surface area contributed by atoms with Crippen LogP contribution in [0.4, 0.5) is 11.4 Å². The molecular weight excluding hydrogens is 372 g/mol. The molecule has 3 aromatic carbocycles. The van der Waals surface area contributed by atoms with Crippen molar-refractivity contribution in [2.24, 2.45) is 0 Å². The average Bonchev–Trinajstić information content (AvgIpc) is 2.73. The smallest absolute Gasteiger partial charge is 0.311 e. The molecule has 7 heteroatoms. The monoisotopic (exact) mass is 392 g/mol. The van der Waals surface area contributed by atoms with Gasteiger partial charge in [-0.2, -0.15) is 0 Å². The number of amides is 1. The molecule has 7 nitrogen and oxygen atoms in total. The van der Waals surface area contributed by atoms with Crippen molar-refractivity contribution in [3.05, 3.63) is 94.0 Å². The summed E-state index contributed by atoms with van der Waals surface area (Å²) < 4.78 is 11.0. The van der Waals surface area contributed by atoms with Crippen molar-refractivity contribution < 1.29 is 19.2 Å². The van der Waals surface area contributed by atoms with Crippen molar-refractivity contribution in [1.29, 1.82) is 0 Å². The zero-order chi connectivity index (χ0) is 20.8. The Hall–Kier alpha value is -3.87. The second-order valence-electron chi connectivity index (χ2n) is 6.36. The maximum absolute atomic E-state index is 13.0. The zero-order valence-corrected chi connectivity index (χ0v) is 16.0. The number of nitro groups is 1. The van der Waals surface area contributed by atoms with E-state index in [0.717, 1.165) is 5.56 Å². The molecule has 0 aliphatic rings. The summed E-state index contributed by atoms with van der Waals surface area (Å²) in [6.45, 7) is 1.75. The molecule has 1 amide bonds. The summed E-state index contributed by atoms with van der Waals surface area (Å²) in [7, 11) is 1.54. The van der Waals surface area contributed by atoms with Crippen molar-refractivity contribution in [1.82, 2.24) is 0 Å². The van der Waals surface area contributed by atoms with Crippen LogP contribution in [0.2, 0.25) is 0 Å². The fourth-order valence-corrected chi connectivity index (χ4v) is 2.81. The summed E-state index contributed by atoms with van der Waals surface area (Å²) in [6.07, 6.45) is -1.08. The van der Waals surface area contributed by atoms with E-state index < -0.39 is 16.9 Å². The first-order chi connectivity index (χ1) is 14.0. The van der Waals surface area contributed by atoms with Gasteiger partial charge in [0.25, 0.3) is 5.91 Å². The van der Waals surface area contributed by atoms with E-state index in [2.05, 4.69) is 5.32 Å². The molecule has 0 spiro atoms. The van der Waals surface area contributed by atoms with Crippen molar-refractivity contribution in [3.63, 3.8) is 0 Å². The van der Waals surface area contributed by atoms with Gasteiger partial charge in [-0.25, -0.2) is 0 Å². The lowest BCUT2D eigenvalue weighted by Crippen LogP contribution is -2.26. The largest absolute Gasteiger partial charge is 0.497 e. The van der Waals surface area contributed by atoms with Crippen molar-refractivity contribution >= 4 is 17.3 Å². The quantitative estimate of drug-likeness (QED) is 0.466. The normalized spacial score (nSPS) is 11.4. The Kier molecular flexibility index (Phi) is 6.09. The molecule has 1 atom stereocenters. The molecular formula is C22H20N2O5. The fraction of sp³-hybridized carbons (Fsp3) is 0.136. The van der Waals surface area contributed by atoms with Gasteiger partial charge in [-0.05, 0) is 30.7 Å². The van der Waals surface area contributed by atoms with Gasteiger partial charge >= 0.3 is 5.69 Å². The lowest BCUT2D eigenvalue weighted by Gasteiger charge is -2.19. The molecule has 0 radical (unpaired) electrons. The van der Waals surface area contributed by atoms with E-state index in [1.54, 1.807) is 61.5 Å². The minimum Gasteiger partial charge on any atom is -0.497 e. The molecule has 0 saturated heterocycles. The number of ether oxygens (including phenoxy) is 2. The molecule has 0 bridgehead atoms. The van der Waals surface area contributed by atoms with Gasteiger partial charge in [-0.15, -0.1) is 0 Å². The van der Waals surface area contributed by atoms with Crippen LogP contribution >= 0.6 is 0 Å². The first kappa shape index (κ1) is 19.9. The average molecular weight is 392 g/mol. The summed E-state index contributed by atoms with van der Waals surface area (Å²) >= 11 is 0. The van der Waals surface area contributed by atoms with E-state index in [1.165, 1.54) is 19.2 Å². The van der Waals surface area contributed by atoms with Gasteiger partial charge in [-0.1, -0.05) is 42.5 Å². The van der Waals surface area contributed by atoms with Crippen molar-refractivity contribution in [2.45, 2.75) is 13.0 Å². The molecule has 0 heterocycles. The summed E-state index contributed by atoms with van der Waals surface area (Å²) in [5.74, 6) is 0.156. The lowest BCUT2D eigenvalue weighted by atomic mass is 10.1. The molecule has 0 aliphatic heterocycles. The number of nitrogens with one attached hydrogen (secondary N) is 1. The van der Waals surface area contributed by atoms with Crippen LogP contribution in [0.1, 0.15) is 17.2 Å². The number of carbonyl (C=O) groups is 1. The van der Waals surface area contributed by atoms with E-state index in [9.17, 15) is 14.9 Å². The molecule has 3 aromatic rings. The number of benzene rings is 3. The third-order valence-electron chi connectivity index (χ3n) is 4.23. The Balaban J connectivity index is 1.93. The minimum absolute atomic E-state index is 0.0234. The molecule has 0 fully saturated rings. The number of methoxy groups -OCH3 is 1. The van der Waals surface area contributed by atoms with Gasteiger partial charge in [-0.3, -0.25) is 14.9 Å². The second-order valence-corrected chi connectivity index (χ2v) is 6.36. The predicted octanol–water partition coefficient (Wildman–Crippen LogP) is 4.67. The minimum atomic E-state index is -1.08. The molecule has 0 aromatic heterocycles. The summed E-state index contributed by atoms with van der Waals surface area (Å²) in [5.41, 5.74) is 1.63. The Labute approximate surface area is 168 Å². The molecule has 0 saturated carbocycles. The van der Waals surface area contributed by atoms with Crippen LogP contribution in [0, 0.1) is 17.0 Å². The lowest BCUT2D eigenvalue weighted by molar-refractivity contribution is -0.386. The Morgan fingerprint density at radius 2 is 1.79 bits per heavy atom. The summed E-state index contributed by atoms with van der Waals surface area (Å²) in [6, 6.07) is 20.3. The molecule has 148 valence electrons. The summed E-state index contributed by atoms with van der Waals surface area (Å²) in [4.78, 5) is 23.9. The van der Waals surface area contributed by atoms with E-state index in [4.69, 9.17) is 9.47 Å². The molecule has 0 unspecified atom stereocenters. The van der Waals surface area contributed by atoms with Gasteiger partial charge in [0.2, 0.25) is 6.10 Å². The Bertz CT molecular complexity index is 1020.